The van der Waals surface area contributed by atoms with E-state index in [2.05, 4.69) is 52.1 Å². The van der Waals surface area contributed by atoms with Crippen molar-refractivity contribution in [3.63, 3.8) is 0 Å². The first-order valence-electron chi connectivity index (χ1n) is 6.54. The van der Waals surface area contributed by atoms with Gasteiger partial charge in [0.05, 0.1) is 0 Å². The molecule has 1 aromatic heterocycles. The Balaban J connectivity index is 2.02. The van der Waals surface area contributed by atoms with Gasteiger partial charge in [-0.15, -0.1) is 11.3 Å². The molecule has 1 N–H and O–H groups in total. The van der Waals surface area contributed by atoms with Crippen molar-refractivity contribution < 1.29 is 0 Å². The second-order valence-electron chi connectivity index (χ2n) is 5.65. The van der Waals surface area contributed by atoms with Crippen molar-refractivity contribution in [2.75, 3.05) is 26.0 Å². The van der Waals surface area contributed by atoms with Gasteiger partial charge in [0.25, 0.3) is 0 Å². The number of halogens is 1. The molecule has 5 heteroatoms. The molecule has 102 valence electrons. The number of thiazole rings is 1. The van der Waals surface area contributed by atoms with Crippen LogP contribution < -0.4 is 5.32 Å². The van der Waals surface area contributed by atoms with Crippen LogP contribution in [-0.2, 0) is 0 Å². The molecule has 1 fully saturated rings. The Morgan fingerprint density at radius 3 is 2.94 bits per heavy atom. The first-order chi connectivity index (χ1) is 8.52. The number of nitrogens with one attached hydrogen (secondary N) is 1. The van der Waals surface area contributed by atoms with Gasteiger partial charge in [0.2, 0.25) is 0 Å². The van der Waals surface area contributed by atoms with Gasteiger partial charge in [-0.3, -0.25) is 0 Å². The average molecular weight is 332 g/mol. The van der Waals surface area contributed by atoms with Crippen molar-refractivity contribution >= 4 is 32.4 Å². The number of hydrogen-bond acceptors (Lipinski definition) is 4. The van der Waals surface area contributed by atoms with E-state index in [9.17, 15) is 0 Å². The van der Waals surface area contributed by atoms with E-state index in [-0.39, 0.29) is 5.54 Å². The van der Waals surface area contributed by atoms with Gasteiger partial charge in [0, 0.05) is 17.5 Å². The second kappa shape index (κ2) is 5.88. The van der Waals surface area contributed by atoms with Crippen LogP contribution in [0.5, 0.6) is 0 Å². The fourth-order valence-corrected chi connectivity index (χ4v) is 4.08. The highest BCUT2D eigenvalue weighted by Gasteiger charge is 2.36. The van der Waals surface area contributed by atoms with E-state index in [1.165, 1.54) is 25.7 Å². The first-order valence-corrected chi connectivity index (χ1v) is 8.21. The van der Waals surface area contributed by atoms with Crippen LogP contribution in [0, 0.1) is 5.92 Å². The van der Waals surface area contributed by atoms with Crippen LogP contribution in [0.15, 0.2) is 9.98 Å². The predicted octanol–water partition coefficient (Wildman–Crippen LogP) is 3.83. The molecule has 0 spiro atoms. The third-order valence-corrected chi connectivity index (χ3v) is 5.57. The molecule has 0 saturated heterocycles. The lowest BCUT2D eigenvalue weighted by molar-refractivity contribution is 0.0882. The minimum absolute atomic E-state index is 0.288. The Bertz CT molecular complexity index is 393. The molecule has 0 amide bonds. The van der Waals surface area contributed by atoms with Crippen molar-refractivity contribution in [2.24, 2.45) is 5.92 Å². The highest BCUT2D eigenvalue weighted by molar-refractivity contribution is 9.10. The molecule has 0 aliphatic heterocycles. The summed E-state index contributed by atoms with van der Waals surface area (Å²) in [6.07, 6.45) is 5.27. The molecule has 1 heterocycles. The molecule has 2 rings (SSSR count). The van der Waals surface area contributed by atoms with Crippen LogP contribution in [-0.4, -0.2) is 36.1 Å². The molecule has 2 unspecified atom stereocenters. The summed E-state index contributed by atoms with van der Waals surface area (Å²) in [7, 11) is 4.41. The van der Waals surface area contributed by atoms with Crippen molar-refractivity contribution in [1.82, 2.24) is 9.88 Å². The largest absolute Gasteiger partial charge is 0.360 e. The molecule has 1 saturated carbocycles. The van der Waals surface area contributed by atoms with Gasteiger partial charge in [-0.25, -0.2) is 4.98 Å². The standard InChI is InChI=1S/C13H22BrN3S/c1-10-5-4-6-13(7-10,17(2)3)9-15-12-16-11(14)8-18-12/h8,10H,4-7,9H2,1-3H3,(H,15,16). The zero-order chi connectivity index (χ0) is 13.2. The van der Waals surface area contributed by atoms with Gasteiger partial charge < -0.3 is 10.2 Å². The number of anilines is 1. The maximum Gasteiger partial charge on any atom is 0.183 e. The predicted molar refractivity (Wildman–Crippen MR) is 82.4 cm³/mol. The zero-order valence-electron chi connectivity index (χ0n) is 11.4. The summed E-state index contributed by atoms with van der Waals surface area (Å²) in [5.74, 6) is 0.825. The summed E-state index contributed by atoms with van der Waals surface area (Å²) in [6.45, 7) is 3.36. The van der Waals surface area contributed by atoms with Crippen LogP contribution in [0.25, 0.3) is 0 Å². The minimum Gasteiger partial charge on any atom is -0.360 e. The normalized spacial score (nSPS) is 28.6. The van der Waals surface area contributed by atoms with E-state index in [1.807, 2.05) is 5.38 Å². The molecular weight excluding hydrogens is 310 g/mol. The smallest absolute Gasteiger partial charge is 0.183 e. The lowest BCUT2D eigenvalue weighted by Gasteiger charge is -2.45. The molecule has 0 radical (unpaired) electrons. The van der Waals surface area contributed by atoms with Crippen LogP contribution >= 0.6 is 27.3 Å². The number of aromatic nitrogens is 1. The average Bonchev–Trinajstić information content (AvgIpc) is 2.72. The first kappa shape index (κ1) is 14.3. The van der Waals surface area contributed by atoms with Crippen LogP contribution in [0.4, 0.5) is 5.13 Å². The maximum absolute atomic E-state index is 4.41. The summed E-state index contributed by atoms with van der Waals surface area (Å²) in [4.78, 5) is 6.81. The van der Waals surface area contributed by atoms with E-state index < -0.39 is 0 Å². The van der Waals surface area contributed by atoms with Crippen LogP contribution in [0.3, 0.4) is 0 Å². The SMILES string of the molecule is CC1CCCC(CNc2nc(Br)cs2)(N(C)C)C1. The van der Waals surface area contributed by atoms with Crippen LogP contribution in [0.2, 0.25) is 0 Å². The van der Waals surface area contributed by atoms with Crippen molar-refractivity contribution in [1.29, 1.82) is 0 Å². The fourth-order valence-electron chi connectivity index (χ4n) is 2.93. The molecule has 0 aromatic carbocycles. The van der Waals surface area contributed by atoms with Gasteiger partial charge in [-0.2, -0.15) is 0 Å². The van der Waals surface area contributed by atoms with Crippen molar-refractivity contribution in [3.05, 3.63) is 9.98 Å². The van der Waals surface area contributed by atoms with E-state index in [4.69, 9.17) is 0 Å². The molecule has 1 aliphatic carbocycles. The number of likely N-dealkylation sites (N-methyl/N-ethyl adjacent to an activating group) is 1. The molecule has 1 aliphatic rings. The number of hydrogen-bond donors (Lipinski definition) is 1. The summed E-state index contributed by atoms with van der Waals surface area (Å²) >= 11 is 5.06. The quantitative estimate of drug-likeness (QED) is 0.908. The number of rotatable bonds is 4. The van der Waals surface area contributed by atoms with Gasteiger partial charge in [0.1, 0.15) is 4.60 Å². The fraction of sp³-hybridized carbons (Fsp3) is 0.769. The van der Waals surface area contributed by atoms with Gasteiger partial charge in [0.15, 0.2) is 5.13 Å². The van der Waals surface area contributed by atoms with E-state index >= 15 is 0 Å². The molecule has 0 bridgehead atoms. The van der Waals surface area contributed by atoms with Crippen molar-refractivity contribution in [2.45, 2.75) is 38.1 Å². The Morgan fingerprint density at radius 1 is 1.61 bits per heavy atom. The summed E-state index contributed by atoms with van der Waals surface area (Å²) < 4.78 is 0.922. The maximum atomic E-state index is 4.41. The summed E-state index contributed by atoms with van der Waals surface area (Å²) in [5, 5.41) is 6.55. The van der Waals surface area contributed by atoms with Crippen molar-refractivity contribution in [3.8, 4) is 0 Å². The Hall–Kier alpha value is -0.130. The molecular formula is C13H22BrN3S. The lowest BCUT2D eigenvalue weighted by atomic mass is 9.75. The Kier molecular flexibility index (Phi) is 4.67. The zero-order valence-corrected chi connectivity index (χ0v) is 13.8. The molecule has 18 heavy (non-hydrogen) atoms. The second-order valence-corrected chi connectivity index (χ2v) is 7.32. The third-order valence-electron chi connectivity index (χ3n) is 4.06. The monoisotopic (exact) mass is 331 g/mol. The van der Waals surface area contributed by atoms with Gasteiger partial charge in [-0.1, -0.05) is 19.8 Å². The highest BCUT2D eigenvalue weighted by Crippen LogP contribution is 2.36. The Morgan fingerprint density at radius 2 is 2.39 bits per heavy atom. The molecule has 1 aromatic rings. The van der Waals surface area contributed by atoms with E-state index in [1.54, 1.807) is 11.3 Å². The summed E-state index contributed by atoms with van der Waals surface area (Å²) in [6, 6.07) is 0. The lowest BCUT2D eigenvalue weighted by Crippen LogP contribution is -2.52. The minimum atomic E-state index is 0.288. The van der Waals surface area contributed by atoms with E-state index in [0.717, 1.165) is 22.2 Å². The van der Waals surface area contributed by atoms with Crippen LogP contribution in [0.1, 0.15) is 32.6 Å². The number of nitrogens with zero attached hydrogens (tertiary/aromatic N) is 2. The van der Waals surface area contributed by atoms with Gasteiger partial charge >= 0.3 is 0 Å². The molecule has 2 atom stereocenters. The topological polar surface area (TPSA) is 28.2 Å². The Labute approximate surface area is 122 Å². The molecule has 3 nitrogen and oxygen atoms in total. The highest BCUT2D eigenvalue weighted by atomic mass is 79.9. The third kappa shape index (κ3) is 3.25. The van der Waals surface area contributed by atoms with Gasteiger partial charge in [-0.05, 0) is 48.8 Å². The summed E-state index contributed by atoms with van der Waals surface area (Å²) in [5.41, 5.74) is 0.288. The van der Waals surface area contributed by atoms with E-state index in [0.29, 0.717) is 0 Å².